The smallest absolute Gasteiger partial charge is 0.417 e. The minimum absolute atomic E-state index is 0.0798. The van der Waals surface area contributed by atoms with E-state index >= 15 is 0 Å². The van der Waals surface area contributed by atoms with Crippen LogP contribution in [-0.4, -0.2) is 30.1 Å². The quantitative estimate of drug-likeness (QED) is 0.678. The molecular formula is C18H16ClF3N4O2. The number of nitrogens with one attached hydrogen (secondary N) is 2. The van der Waals surface area contributed by atoms with E-state index in [9.17, 15) is 18.0 Å². The zero-order chi connectivity index (χ0) is 20.7. The molecule has 1 aromatic heterocycles. The van der Waals surface area contributed by atoms with Gasteiger partial charge in [0, 0.05) is 19.3 Å². The van der Waals surface area contributed by atoms with Crippen molar-refractivity contribution in [1.29, 1.82) is 5.26 Å². The molecule has 0 spiro atoms. The van der Waals surface area contributed by atoms with E-state index < -0.39 is 23.8 Å². The first-order valence-electron chi connectivity index (χ1n) is 8.12. The molecule has 148 valence electrons. The molecule has 1 atom stereocenters. The highest BCUT2D eigenvalue weighted by molar-refractivity contribution is 6.32. The van der Waals surface area contributed by atoms with Crippen LogP contribution in [0.1, 0.15) is 18.1 Å². The van der Waals surface area contributed by atoms with Gasteiger partial charge in [0.1, 0.15) is 17.6 Å². The molecule has 10 heteroatoms. The number of pyridine rings is 1. The van der Waals surface area contributed by atoms with E-state index in [-0.39, 0.29) is 23.9 Å². The predicted octanol–water partition coefficient (Wildman–Crippen LogP) is 3.62. The second-order valence-corrected chi connectivity index (χ2v) is 6.05. The molecule has 1 amide bonds. The van der Waals surface area contributed by atoms with Crippen molar-refractivity contribution in [1.82, 2.24) is 10.3 Å². The number of amides is 1. The van der Waals surface area contributed by atoms with Gasteiger partial charge in [0.05, 0.1) is 16.1 Å². The van der Waals surface area contributed by atoms with Crippen molar-refractivity contribution < 1.29 is 22.7 Å². The molecule has 0 aliphatic carbocycles. The maximum Gasteiger partial charge on any atom is 0.417 e. The molecule has 0 bridgehead atoms. The molecule has 0 saturated heterocycles. The number of alkyl halides is 3. The van der Waals surface area contributed by atoms with Gasteiger partial charge in [0.25, 0.3) is 5.91 Å². The number of carbonyl (C=O) groups is 1. The summed E-state index contributed by atoms with van der Waals surface area (Å²) in [6.07, 6.45) is -4.69. The number of nitriles is 1. The molecule has 2 rings (SSSR count). The number of ether oxygens (including phenoxy) is 1. The average Bonchev–Trinajstić information content (AvgIpc) is 2.65. The number of rotatable bonds is 7. The maximum atomic E-state index is 12.6. The third-order valence-electron chi connectivity index (χ3n) is 3.57. The number of carbonyl (C=O) groups excluding carboxylic acids is 1. The van der Waals surface area contributed by atoms with Gasteiger partial charge in [-0.1, -0.05) is 23.7 Å². The highest BCUT2D eigenvalue weighted by atomic mass is 35.5. The Morgan fingerprint density at radius 1 is 1.36 bits per heavy atom. The van der Waals surface area contributed by atoms with Gasteiger partial charge in [-0.15, -0.1) is 0 Å². The van der Waals surface area contributed by atoms with E-state index in [0.29, 0.717) is 17.5 Å². The van der Waals surface area contributed by atoms with Crippen LogP contribution in [0.4, 0.5) is 19.0 Å². The fourth-order valence-electron chi connectivity index (χ4n) is 2.14. The average molecular weight is 413 g/mol. The largest absolute Gasteiger partial charge is 0.480 e. The molecule has 0 radical (unpaired) electrons. The second kappa shape index (κ2) is 9.28. The van der Waals surface area contributed by atoms with Gasteiger partial charge in [-0.2, -0.15) is 18.4 Å². The summed E-state index contributed by atoms with van der Waals surface area (Å²) in [5, 5.41) is 14.2. The Balaban J connectivity index is 1.82. The number of aromatic nitrogens is 1. The van der Waals surface area contributed by atoms with Crippen LogP contribution in [0.15, 0.2) is 36.5 Å². The molecule has 0 fully saturated rings. The van der Waals surface area contributed by atoms with E-state index in [4.69, 9.17) is 21.6 Å². The summed E-state index contributed by atoms with van der Waals surface area (Å²) in [5.41, 5.74) is -0.633. The van der Waals surface area contributed by atoms with Crippen molar-refractivity contribution in [3.8, 4) is 11.8 Å². The Kier molecular flexibility index (Phi) is 7.06. The van der Waals surface area contributed by atoms with Gasteiger partial charge >= 0.3 is 6.18 Å². The zero-order valence-corrected chi connectivity index (χ0v) is 15.4. The standard InChI is InChI=1S/C18H16ClF3N4O2/c1-11(28-15-5-3-2-4-12(15)9-23)17(27)25-7-6-24-16-14(19)8-13(10-26-16)18(20,21)22/h2-5,8,10-11H,6-7H2,1H3,(H,24,26)(H,25,27). The molecule has 0 saturated carbocycles. The summed E-state index contributed by atoms with van der Waals surface area (Å²) in [6.45, 7) is 1.88. The minimum Gasteiger partial charge on any atom is -0.480 e. The molecule has 1 unspecified atom stereocenters. The van der Waals surface area contributed by atoms with Crippen LogP contribution in [0.3, 0.4) is 0 Å². The third kappa shape index (κ3) is 5.76. The lowest BCUT2D eigenvalue weighted by Crippen LogP contribution is -2.38. The molecule has 6 nitrogen and oxygen atoms in total. The van der Waals surface area contributed by atoms with E-state index in [2.05, 4.69) is 15.6 Å². The first kappa shape index (κ1) is 21.3. The summed E-state index contributed by atoms with van der Waals surface area (Å²) in [7, 11) is 0. The Bertz CT molecular complexity index is 884. The number of nitrogens with zero attached hydrogens (tertiary/aromatic N) is 2. The lowest BCUT2D eigenvalue weighted by atomic mass is 10.2. The van der Waals surface area contributed by atoms with E-state index in [1.165, 1.54) is 6.92 Å². The van der Waals surface area contributed by atoms with Crippen molar-refractivity contribution in [2.45, 2.75) is 19.2 Å². The molecule has 1 aromatic carbocycles. The highest BCUT2D eigenvalue weighted by Gasteiger charge is 2.31. The molecule has 1 heterocycles. The number of halogens is 4. The first-order valence-corrected chi connectivity index (χ1v) is 8.50. The monoisotopic (exact) mass is 412 g/mol. The normalized spacial score (nSPS) is 12.0. The Morgan fingerprint density at radius 2 is 2.07 bits per heavy atom. The van der Waals surface area contributed by atoms with E-state index in [1.54, 1.807) is 24.3 Å². The molecular weight excluding hydrogens is 397 g/mol. The highest BCUT2D eigenvalue weighted by Crippen LogP contribution is 2.32. The van der Waals surface area contributed by atoms with Gasteiger partial charge in [-0.25, -0.2) is 4.98 Å². The summed E-state index contributed by atoms with van der Waals surface area (Å²) >= 11 is 5.79. The number of anilines is 1. The maximum absolute atomic E-state index is 12.6. The fraction of sp³-hybridized carbons (Fsp3) is 0.278. The first-order chi connectivity index (χ1) is 13.2. The summed E-state index contributed by atoms with van der Waals surface area (Å²) in [5.74, 6) is -0.0382. The van der Waals surface area contributed by atoms with Gasteiger partial charge in [-0.3, -0.25) is 4.79 Å². The Hall–Kier alpha value is -2.99. The van der Waals surface area contributed by atoms with Crippen LogP contribution in [-0.2, 0) is 11.0 Å². The Morgan fingerprint density at radius 3 is 2.71 bits per heavy atom. The second-order valence-electron chi connectivity index (χ2n) is 5.64. The number of benzene rings is 1. The van der Waals surface area contributed by atoms with Crippen LogP contribution in [0.2, 0.25) is 5.02 Å². The summed E-state index contributed by atoms with van der Waals surface area (Å²) in [6, 6.07) is 9.28. The van der Waals surface area contributed by atoms with Crippen molar-refractivity contribution >= 4 is 23.3 Å². The van der Waals surface area contributed by atoms with Crippen molar-refractivity contribution in [3.63, 3.8) is 0 Å². The molecule has 2 N–H and O–H groups in total. The van der Waals surface area contributed by atoms with Gasteiger partial charge in [0.15, 0.2) is 6.10 Å². The summed E-state index contributed by atoms with van der Waals surface area (Å²) < 4.78 is 43.2. The van der Waals surface area contributed by atoms with Crippen LogP contribution >= 0.6 is 11.6 Å². The van der Waals surface area contributed by atoms with Gasteiger partial charge in [-0.05, 0) is 25.1 Å². The number of hydrogen-bond acceptors (Lipinski definition) is 5. The molecule has 0 aliphatic heterocycles. The number of hydrogen-bond donors (Lipinski definition) is 2. The lowest BCUT2D eigenvalue weighted by molar-refractivity contribution is -0.137. The third-order valence-corrected chi connectivity index (χ3v) is 3.85. The van der Waals surface area contributed by atoms with Crippen LogP contribution in [0.5, 0.6) is 5.75 Å². The number of para-hydroxylation sites is 1. The topological polar surface area (TPSA) is 87.0 Å². The predicted molar refractivity (Wildman–Crippen MR) is 97.0 cm³/mol. The van der Waals surface area contributed by atoms with Gasteiger partial charge in [0.2, 0.25) is 0 Å². The van der Waals surface area contributed by atoms with Gasteiger partial charge < -0.3 is 15.4 Å². The van der Waals surface area contributed by atoms with Crippen molar-refractivity contribution in [3.05, 3.63) is 52.7 Å². The summed E-state index contributed by atoms with van der Waals surface area (Å²) in [4.78, 5) is 15.7. The SMILES string of the molecule is CC(Oc1ccccc1C#N)C(=O)NCCNc1ncc(C(F)(F)F)cc1Cl. The minimum atomic E-state index is -4.52. The zero-order valence-electron chi connectivity index (χ0n) is 14.7. The Labute approximate surface area is 164 Å². The lowest BCUT2D eigenvalue weighted by Gasteiger charge is -2.16. The van der Waals surface area contributed by atoms with Crippen LogP contribution in [0.25, 0.3) is 0 Å². The van der Waals surface area contributed by atoms with Crippen LogP contribution < -0.4 is 15.4 Å². The fourth-order valence-corrected chi connectivity index (χ4v) is 2.37. The molecule has 0 aliphatic rings. The van der Waals surface area contributed by atoms with Crippen molar-refractivity contribution in [2.24, 2.45) is 0 Å². The molecule has 2 aromatic rings. The molecule has 28 heavy (non-hydrogen) atoms. The van der Waals surface area contributed by atoms with E-state index in [0.717, 1.165) is 6.07 Å². The van der Waals surface area contributed by atoms with Crippen LogP contribution in [0, 0.1) is 11.3 Å². The van der Waals surface area contributed by atoms with Crippen molar-refractivity contribution in [2.75, 3.05) is 18.4 Å². The van der Waals surface area contributed by atoms with E-state index in [1.807, 2.05) is 6.07 Å².